The summed E-state index contributed by atoms with van der Waals surface area (Å²) in [7, 11) is 0. The largest absolute Gasteiger partial charge is 0.481 e. The molecular formula is C18H34O3. The lowest BCUT2D eigenvalue weighted by Crippen LogP contribution is -1.80. The molecule has 0 fully saturated rings. The molecular weight excluding hydrogens is 264 g/mol. The molecule has 0 aromatic carbocycles. The fourth-order valence-corrected chi connectivity index (χ4v) is 1.97. The van der Waals surface area contributed by atoms with Crippen molar-refractivity contribution in [1.82, 2.24) is 0 Å². The second-order valence-electron chi connectivity index (χ2n) is 5.35. The molecule has 0 amide bonds. The Balaban J connectivity index is 0. The minimum atomic E-state index is -0.833. The van der Waals surface area contributed by atoms with Crippen molar-refractivity contribution < 1.29 is 14.7 Å². The van der Waals surface area contributed by atoms with Crippen LogP contribution in [0.1, 0.15) is 90.9 Å². The number of allylic oxidation sites excluding steroid dienone is 2. The maximum atomic E-state index is 10.1. The molecule has 0 saturated carbocycles. The molecule has 3 heteroatoms. The van der Waals surface area contributed by atoms with Crippen molar-refractivity contribution >= 4 is 12.3 Å². The summed E-state index contributed by atoms with van der Waals surface area (Å²) in [5, 5.41) is 7.42. The fourth-order valence-electron chi connectivity index (χ4n) is 1.97. The van der Waals surface area contributed by atoms with Crippen LogP contribution in [0.3, 0.4) is 0 Å². The Bertz CT molecular complexity index is 243. The van der Waals surface area contributed by atoms with Gasteiger partial charge in [-0.05, 0) is 19.3 Å². The molecule has 0 aliphatic heterocycles. The number of aliphatic carboxylic acids is 1. The van der Waals surface area contributed by atoms with Gasteiger partial charge in [0.05, 0.1) is 0 Å². The van der Waals surface area contributed by atoms with Crippen molar-refractivity contribution in [1.29, 1.82) is 0 Å². The average molecular weight is 298 g/mol. The number of rotatable bonds is 13. The zero-order chi connectivity index (χ0) is 16.2. The van der Waals surface area contributed by atoms with E-state index in [2.05, 4.69) is 19.1 Å². The van der Waals surface area contributed by atoms with Gasteiger partial charge in [-0.15, -0.1) is 0 Å². The second kappa shape index (κ2) is 21.2. The molecule has 0 aliphatic rings. The number of carbonyl (C=O) groups is 2. The van der Waals surface area contributed by atoms with E-state index in [4.69, 9.17) is 9.90 Å². The number of carboxylic acids is 1. The van der Waals surface area contributed by atoms with Crippen molar-refractivity contribution in [2.24, 2.45) is 0 Å². The van der Waals surface area contributed by atoms with E-state index >= 15 is 0 Å². The SMILES string of the molecule is CC(=O)O.CCCCCCCCCCC/C=C/CCC=O. The summed E-state index contributed by atoms with van der Waals surface area (Å²) in [6.45, 7) is 3.35. The number of carbonyl (C=O) groups excluding carboxylic acids is 1. The summed E-state index contributed by atoms with van der Waals surface area (Å²) < 4.78 is 0. The van der Waals surface area contributed by atoms with Crippen LogP contribution in [0, 0.1) is 0 Å². The van der Waals surface area contributed by atoms with E-state index in [9.17, 15) is 4.79 Å². The molecule has 0 rings (SSSR count). The molecule has 0 aromatic rings. The first-order chi connectivity index (χ1) is 10.1. The van der Waals surface area contributed by atoms with E-state index in [0.717, 1.165) is 19.6 Å². The summed E-state index contributed by atoms with van der Waals surface area (Å²) in [6.07, 6.45) is 20.7. The molecule has 0 bridgehead atoms. The van der Waals surface area contributed by atoms with Gasteiger partial charge in [0.1, 0.15) is 6.29 Å². The highest BCUT2D eigenvalue weighted by Gasteiger charge is 1.91. The zero-order valence-electron chi connectivity index (χ0n) is 14.0. The lowest BCUT2D eigenvalue weighted by atomic mass is 10.1. The first kappa shape index (κ1) is 22.2. The summed E-state index contributed by atoms with van der Waals surface area (Å²) >= 11 is 0. The van der Waals surface area contributed by atoms with Gasteiger partial charge in [0.25, 0.3) is 5.97 Å². The van der Waals surface area contributed by atoms with E-state index in [1.807, 2.05) is 0 Å². The second-order valence-corrected chi connectivity index (χ2v) is 5.35. The zero-order valence-corrected chi connectivity index (χ0v) is 14.0. The number of carboxylic acid groups (broad SMARTS) is 1. The van der Waals surface area contributed by atoms with Gasteiger partial charge in [-0.2, -0.15) is 0 Å². The standard InChI is InChI=1S/C16H30O.C2H4O2/c1-2-3-4-5-6-7-8-9-10-11-12-13-14-15-16-17;1-2(3)4/h12-13,16H,2-11,14-15H2,1H3;1H3,(H,3,4)/b13-12+;. The van der Waals surface area contributed by atoms with Crippen LogP contribution in [0.5, 0.6) is 0 Å². The third kappa shape index (κ3) is 32.4. The van der Waals surface area contributed by atoms with Crippen LogP contribution >= 0.6 is 0 Å². The Kier molecular flexibility index (Phi) is 22.4. The molecule has 21 heavy (non-hydrogen) atoms. The van der Waals surface area contributed by atoms with Crippen LogP contribution in [0.15, 0.2) is 12.2 Å². The van der Waals surface area contributed by atoms with Crippen LogP contribution < -0.4 is 0 Å². The highest BCUT2D eigenvalue weighted by Crippen LogP contribution is 2.10. The van der Waals surface area contributed by atoms with E-state index in [1.165, 1.54) is 64.2 Å². The predicted octanol–water partition coefficient (Wildman–Crippen LogP) is 5.53. The minimum absolute atomic E-state index is 0.675. The Morgan fingerprint density at radius 1 is 0.810 bits per heavy atom. The highest BCUT2D eigenvalue weighted by molar-refractivity contribution is 5.62. The summed E-state index contributed by atoms with van der Waals surface area (Å²) in [5.74, 6) is -0.833. The van der Waals surface area contributed by atoms with Gasteiger partial charge in [0, 0.05) is 13.3 Å². The van der Waals surface area contributed by atoms with Gasteiger partial charge < -0.3 is 9.90 Å². The number of hydrogen-bond donors (Lipinski definition) is 1. The lowest BCUT2D eigenvalue weighted by Gasteiger charge is -2.00. The first-order valence-electron chi connectivity index (χ1n) is 8.43. The van der Waals surface area contributed by atoms with Gasteiger partial charge in [0.15, 0.2) is 0 Å². The van der Waals surface area contributed by atoms with E-state index in [1.54, 1.807) is 0 Å². The fraction of sp³-hybridized carbons (Fsp3) is 0.778. The van der Waals surface area contributed by atoms with Gasteiger partial charge in [-0.3, -0.25) is 4.79 Å². The summed E-state index contributed by atoms with van der Waals surface area (Å²) in [4.78, 5) is 19.1. The van der Waals surface area contributed by atoms with Crippen LogP contribution in [-0.2, 0) is 9.59 Å². The van der Waals surface area contributed by atoms with Crippen molar-refractivity contribution in [3.05, 3.63) is 12.2 Å². The van der Waals surface area contributed by atoms with Crippen LogP contribution in [-0.4, -0.2) is 17.4 Å². The Hall–Kier alpha value is -1.12. The molecule has 0 unspecified atom stereocenters. The van der Waals surface area contributed by atoms with Crippen molar-refractivity contribution in [2.75, 3.05) is 0 Å². The normalized spacial score (nSPS) is 10.2. The van der Waals surface area contributed by atoms with E-state index < -0.39 is 5.97 Å². The number of hydrogen-bond acceptors (Lipinski definition) is 2. The van der Waals surface area contributed by atoms with Gasteiger partial charge in [-0.25, -0.2) is 0 Å². The van der Waals surface area contributed by atoms with Gasteiger partial charge in [-0.1, -0.05) is 70.4 Å². The third-order valence-electron chi connectivity index (χ3n) is 3.09. The highest BCUT2D eigenvalue weighted by atomic mass is 16.4. The average Bonchev–Trinajstić information content (AvgIpc) is 2.43. The van der Waals surface area contributed by atoms with E-state index in [0.29, 0.717) is 6.42 Å². The third-order valence-corrected chi connectivity index (χ3v) is 3.09. The lowest BCUT2D eigenvalue weighted by molar-refractivity contribution is -0.134. The molecule has 124 valence electrons. The van der Waals surface area contributed by atoms with E-state index in [-0.39, 0.29) is 0 Å². The first-order valence-corrected chi connectivity index (χ1v) is 8.43. The molecule has 0 aliphatic carbocycles. The van der Waals surface area contributed by atoms with Gasteiger partial charge in [0.2, 0.25) is 0 Å². The maximum absolute atomic E-state index is 10.1. The molecule has 0 aromatic heterocycles. The van der Waals surface area contributed by atoms with Gasteiger partial charge >= 0.3 is 0 Å². The maximum Gasteiger partial charge on any atom is 0.300 e. The Morgan fingerprint density at radius 3 is 1.71 bits per heavy atom. The van der Waals surface area contributed by atoms with Crippen molar-refractivity contribution in [2.45, 2.75) is 90.9 Å². The number of unbranched alkanes of at least 4 members (excludes halogenated alkanes) is 10. The Morgan fingerprint density at radius 2 is 1.24 bits per heavy atom. The number of aldehydes is 1. The monoisotopic (exact) mass is 298 g/mol. The van der Waals surface area contributed by atoms with Crippen molar-refractivity contribution in [3.8, 4) is 0 Å². The van der Waals surface area contributed by atoms with Crippen LogP contribution in [0.25, 0.3) is 0 Å². The molecule has 1 N–H and O–H groups in total. The minimum Gasteiger partial charge on any atom is -0.481 e. The quantitative estimate of drug-likeness (QED) is 0.276. The topological polar surface area (TPSA) is 54.4 Å². The summed E-state index contributed by atoms with van der Waals surface area (Å²) in [6, 6.07) is 0. The molecule has 0 saturated heterocycles. The Labute approximate surface area is 130 Å². The van der Waals surface area contributed by atoms with Crippen LogP contribution in [0.2, 0.25) is 0 Å². The molecule has 0 radical (unpaired) electrons. The van der Waals surface area contributed by atoms with Crippen molar-refractivity contribution in [3.63, 3.8) is 0 Å². The van der Waals surface area contributed by atoms with Crippen LogP contribution in [0.4, 0.5) is 0 Å². The molecule has 0 heterocycles. The predicted molar refractivity (Wildman–Crippen MR) is 89.6 cm³/mol. The summed E-state index contributed by atoms with van der Waals surface area (Å²) in [5.41, 5.74) is 0. The smallest absolute Gasteiger partial charge is 0.300 e. The molecule has 3 nitrogen and oxygen atoms in total. The molecule has 0 atom stereocenters. The molecule has 0 spiro atoms.